The van der Waals surface area contributed by atoms with E-state index in [0.717, 1.165) is 19.5 Å². The van der Waals surface area contributed by atoms with Gasteiger partial charge in [-0.15, -0.1) is 0 Å². The van der Waals surface area contributed by atoms with Gasteiger partial charge >= 0.3 is 0 Å². The van der Waals surface area contributed by atoms with Gasteiger partial charge in [-0.05, 0) is 26.6 Å². The predicted molar refractivity (Wildman–Crippen MR) is 100 cm³/mol. The fraction of sp³-hybridized carbons (Fsp3) is 1.00. The molecule has 0 rings (SSSR count). The van der Waals surface area contributed by atoms with E-state index in [1.165, 1.54) is 0 Å². The molecule has 0 aliphatic carbocycles. The number of aliphatic hydroxyl groups excluding tert-OH is 3. The first-order chi connectivity index (χ1) is 7.24. The zero-order valence-corrected chi connectivity index (χ0v) is 9.60. The summed E-state index contributed by atoms with van der Waals surface area (Å²) in [5.74, 6) is 0. The maximum Gasteiger partial charge on any atom is 0.0558 e. The van der Waals surface area contributed by atoms with Gasteiger partial charge in [-0.3, -0.25) is 4.90 Å². The summed E-state index contributed by atoms with van der Waals surface area (Å²) in [5.41, 5.74) is 0. The van der Waals surface area contributed by atoms with Gasteiger partial charge in [0.1, 0.15) is 0 Å². The van der Waals surface area contributed by atoms with Gasteiger partial charge < -0.3 is 20.2 Å². The van der Waals surface area contributed by atoms with Crippen molar-refractivity contribution in [1.29, 1.82) is 0 Å². The Kier molecular flexibility index (Phi) is 65.1. The van der Waals surface area contributed by atoms with Crippen molar-refractivity contribution in [3.8, 4) is 0 Å². The lowest BCUT2D eigenvalue weighted by molar-refractivity contribution is 0.152. The third-order valence-corrected chi connectivity index (χ3v) is 2.33. The Balaban J connectivity index is -0.0000000653. The fourth-order valence-electron chi connectivity index (χ4n) is 1.47. The van der Waals surface area contributed by atoms with Crippen LogP contribution in [0.25, 0.3) is 0 Å². The van der Waals surface area contributed by atoms with Crippen molar-refractivity contribution in [2.75, 3.05) is 59.6 Å². The fourth-order valence-corrected chi connectivity index (χ4v) is 1.47. The second kappa shape index (κ2) is 31.9. The molecule has 21 heavy (non-hydrogen) atoms. The molecule has 0 aliphatic rings. The van der Waals surface area contributed by atoms with Crippen LogP contribution < -0.4 is 0 Å². The van der Waals surface area contributed by atoms with Gasteiger partial charge in [0, 0.05) is 19.6 Å². The first-order valence-corrected chi connectivity index (χ1v) is 5.48. The maximum atomic E-state index is 8.79. The molecule has 3 N–H and O–H groups in total. The van der Waals surface area contributed by atoms with E-state index >= 15 is 0 Å². The minimum atomic E-state index is 0. The van der Waals surface area contributed by atoms with Crippen LogP contribution in [0.1, 0.15) is 51.0 Å². The molecule has 0 spiro atoms. The summed E-state index contributed by atoms with van der Waals surface area (Å²) in [6.45, 7) is 4.17. The zero-order chi connectivity index (χ0) is 11.5. The van der Waals surface area contributed by atoms with E-state index in [1.807, 2.05) is 11.9 Å². The molecule has 5 nitrogen and oxygen atoms in total. The van der Waals surface area contributed by atoms with E-state index in [4.69, 9.17) is 15.3 Å². The maximum absolute atomic E-state index is 8.79. The zero-order valence-electron chi connectivity index (χ0n) is 9.60. The molecule has 5 heteroatoms. The summed E-state index contributed by atoms with van der Waals surface area (Å²) >= 11 is 0. The van der Waals surface area contributed by atoms with E-state index in [2.05, 4.69) is 4.90 Å². The van der Waals surface area contributed by atoms with E-state index < -0.39 is 0 Å². The van der Waals surface area contributed by atoms with Gasteiger partial charge in [0.05, 0.1) is 19.8 Å². The third kappa shape index (κ3) is 28.6. The SMILES string of the molecule is C.C.C.C.C.C.CN(CCO)CCCN(CCO)CCO. The molecule has 0 saturated heterocycles. The number of aliphatic hydroxyl groups is 3. The van der Waals surface area contributed by atoms with Gasteiger partial charge in [0.2, 0.25) is 0 Å². The molecule has 0 fully saturated rings. The predicted octanol–water partition coefficient (Wildman–Crippen LogP) is 2.40. The highest BCUT2D eigenvalue weighted by atomic mass is 16.3. The Bertz CT molecular complexity index is 133. The average molecular weight is 317 g/mol. The van der Waals surface area contributed by atoms with Crippen molar-refractivity contribution in [2.24, 2.45) is 0 Å². The Morgan fingerprint density at radius 3 is 1.29 bits per heavy atom. The highest BCUT2D eigenvalue weighted by Gasteiger charge is 2.04. The first kappa shape index (κ1) is 42.8. The molecule has 0 amide bonds. The Morgan fingerprint density at radius 2 is 0.952 bits per heavy atom. The van der Waals surface area contributed by atoms with Crippen LogP contribution >= 0.6 is 0 Å². The van der Waals surface area contributed by atoms with Crippen LogP contribution in [0.5, 0.6) is 0 Å². The van der Waals surface area contributed by atoms with Gasteiger partial charge in [-0.2, -0.15) is 0 Å². The van der Waals surface area contributed by atoms with Crippen LogP contribution in [-0.2, 0) is 0 Å². The Morgan fingerprint density at radius 1 is 0.571 bits per heavy atom. The molecule has 0 radical (unpaired) electrons. The highest BCUT2D eigenvalue weighted by Crippen LogP contribution is 1.93. The summed E-state index contributed by atoms with van der Waals surface area (Å²) in [4.78, 5) is 4.10. The molecule has 0 aromatic carbocycles. The van der Waals surface area contributed by atoms with Crippen LogP contribution in [0.4, 0.5) is 0 Å². The molecule has 0 bridgehead atoms. The molecule has 140 valence electrons. The van der Waals surface area contributed by atoms with Crippen molar-refractivity contribution < 1.29 is 15.3 Å². The van der Waals surface area contributed by atoms with Crippen molar-refractivity contribution in [2.45, 2.75) is 51.0 Å². The van der Waals surface area contributed by atoms with E-state index in [0.29, 0.717) is 19.6 Å². The molecule has 0 heterocycles. The monoisotopic (exact) mass is 316 g/mol. The van der Waals surface area contributed by atoms with Crippen LogP contribution in [0, 0.1) is 0 Å². The molecule has 0 unspecified atom stereocenters. The Labute approximate surface area is 136 Å². The molecule has 0 saturated carbocycles. The topological polar surface area (TPSA) is 67.2 Å². The number of rotatable bonds is 10. The lowest BCUT2D eigenvalue weighted by atomic mass is 10.3. The van der Waals surface area contributed by atoms with Crippen molar-refractivity contribution in [3.05, 3.63) is 0 Å². The normalized spacial score (nSPS) is 8.29. The minimum absolute atomic E-state index is 0. The summed E-state index contributed by atoms with van der Waals surface area (Å²) < 4.78 is 0. The third-order valence-electron chi connectivity index (χ3n) is 2.33. The molecule has 0 aliphatic heterocycles. The number of hydrogen-bond acceptors (Lipinski definition) is 5. The lowest BCUT2D eigenvalue weighted by Crippen LogP contribution is -2.33. The number of nitrogens with zero attached hydrogens (tertiary/aromatic N) is 2. The Hall–Kier alpha value is -0.200. The summed E-state index contributed by atoms with van der Waals surface area (Å²) in [5, 5.41) is 26.3. The van der Waals surface area contributed by atoms with Crippen molar-refractivity contribution in [3.63, 3.8) is 0 Å². The van der Waals surface area contributed by atoms with Gasteiger partial charge in [-0.25, -0.2) is 0 Å². The standard InChI is InChI=1S/C10H24N2O3.6CH4/c1-11(5-8-13)3-2-4-12(6-9-14)7-10-15;;;;;;/h13-15H,2-10H2,1H3;6*1H4. The van der Waals surface area contributed by atoms with Crippen LogP contribution in [0.15, 0.2) is 0 Å². The van der Waals surface area contributed by atoms with Crippen molar-refractivity contribution in [1.82, 2.24) is 9.80 Å². The highest BCUT2D eigenvalue weighted by molar-refractivity contribution is 4.59. The summed E-state index contributed by atoms with van der Waals surface area (Å²) in [6, 6.07) is 0. The second-order valence-corrected chi connectivity index (χ2v) is 3.67. The number of likely N-dealkylation sites (N-methyl/N-ethyl adjacent to an activating group) is 1. The molecular formula is C16H48N2O3. The second-order valence-electron chi connectivity index (χ2n) is 3.67. The molecular weight excluding hydrogens is 268 g/mol. The summed E-state index contributed by atoms with van der Waals surface area (Å²) in [6.07, 6.45) is 0.983. The first-order valence-electron chi connectivity index (χ1n) is 5.48. The summed E-state index contributed by atoms with van der Waals surface area (Å²) in [7, 11) is 1.97. The smallest absolute Gasteiger partial charge is 0.0558 e. The van der Waals surface area contributed by atoms with E-state index in [1.54, 1.807) is 0 Å². The largest absolute Gasteiger partial charge is 0.395 e. The van der Waals surface area contributed by atoms with E-state index in [9.17, 15) is 0 Å². The van der Waals surface area contributed by atoms with Crippen LogP contribution in [0.3, 0.4) is 0 Å². The average Bonchev–Trinajstić information content (AvgIpc) is 2.19. The molecule has 0 aromatic rings. The van der Waals surface area contributed by atoms with Crippen molar-refractivity contribution >= 4 is 0 Å². The van der Waals surface area contributed by atoms with Crippen LogP contribution in [0.2, 0.25) is 0 Å². The lowest BCUT2D eigenvalue weighted by Gasteiger charge is -2.22. The quantitative estimate of drug-likeness (QED) is 0.577. The van der Waals surface area contributed by atoms with Gasteiger partial charge in [0.25, 0.3) is 0 Å². The number of hydrogen-bond donors (Lipinski definition) is 3. The van der Waals surface area contributed by atoms with E-state index in [-0.39, 0.29) is 64.4 Å². The van der Waals surface area contributed by atoms with Gasteiger partial charge in [-0.1, -0.05) is 44.6 Å². The molecule has 0 aromatic heterocycles. The van der Waals surface area contributed by atoms with Crippen LogP contribution in [-0.4, -0.2) is 84.7 Å². The van der Waals surface area contributed by atoms with Gasteiger partial charge in [0.15, 0.2) is 0 Å². The minimum Gasteiger partial charge on any atom is -0.395 e. The molecule has 0 atom stereocenters.